The number of hydrogen-bond donors (Lipinski definition) is 1. The zero-order chi connectivity index (χ0) is 12.4. The van der Waals surface area contributed by atoms with Crippen LogP contribution >= 0.6 is 22.6 Å². The third-order valence-corrected chi connectivity index (χ3v) is 2.76. The Hall–Kier alpha value is -1.44. The number of carboxylic acids is 1. The highest BCUT2D eigenvalue weighted by Crippen LogP contribution is 2.12. The second-order valence-corrected chi connectivity index (χ2v) is 4.72. The molecule has 0 atom stereocenters. The Kier molecular flexibility index (Phi) is 3.41. The van der Waals surface area contributed by atoms with Crippen molar-refractivity contribution in [1.82, 2.24) is 9.78 Å². The molecule has 1 aromatic carbocycles. The molecule has 2 rings (SSSR count). The third kappa shape index (κ3) is 2.82. The lowest BCUT2D eigenvalue weighted by molar-refractivity contribution is 0.0691. The van der Waals surface area contributed by atoms with Gasteiger partial charge in [0.2, 0.25) is 0 Å². The average Bonchev–Trinajstić information content (AvgIpc) is 2.66. The minimum atomic E-state index is -1.26. The molecule has 1 heterocycles. The van der Waals surface area contributed by atoms with E-state index in [1.807, 2.05) is 6.20 Å². The van der Waals surface area contributed by atoms with Gasteiger partial charge in [-0.05, 0) is 40.3 Å². The lowest BCUT2D eigenvalue weighted by Crippen LogP contribution is -2.05. The van der Waals surface area contributed by atoms with E-state index in [0.29, 0.717) is 12.1 Å². The van der Waals surface area contributed by atoms with Gasteiger partial charge in [0.25, 0.3) is 0 Å². The van der Waals surface area contributed by atoms with E-state index in [1.54, 1.807) is 16.9 Å². The fourth-order valence-corrected chi connectivity index (χ4v) is 1.89. The Morgan fingerprint density at radius 2 is 2.29 bits per heavy atom. The van der Waals surface area contributed by atoms with E-state index in [0.717, 1.165) is 9.64 Å². The second-order valence-electron chi connectivity index (χ2n) is 3.48. The molecule has 0 amide bonds. The van der Waals surface area contributed by atoms with Gasteiger partial charge in [-0.25, -0.2) is 9.18 Å². The maximum atomic E-state index is 13.2. The monoisotopic (exact) mass is 346 g/mol. The highest BCUT2D eigenvalue weighted by Gasteiger charge is 2.11. The van der Waals surface area contributed by atoms with Crippen LogP contribution in [0.3, 0.4) is 0 Å². The molecule has 0 saturated heterocycles. The van der Waals surface area contributed by atoms with E-state index in [1.165, 1.54) is 6.07 Å². The molecule has 2 aromatic rings. The summed E-state index contributed by atoms with van der Waals surface area (Å²) in [5.74, 6) is -1.99. The first-order valence-corrected chi connectivity index (χ1v) is 5.84. The summed E-state index contributed by atoms with van der Waals surface area (Å²) in [6.07, 6.45) is 3.52. The molecule has 0 aliphatic heterocycles. The van der Waals surface area contributed by atoms with Gasteiger partial charge >= 0.3 is 5.97 Å². The summed E-state index contributed by atoms with van der Waals surface area (Å²) < 4.78 is 15.8. The van der Waals surface area contributed by atoms with Crippen LogP contribution in [-0.4, -0.2) is 20.9 Å². The van der Waals surface area contributed by atoms with E-state index in [4.69, 9.17) is 5.11 Å². The number of hydrogen-bond acceptors (Lipinski definition) is 2. The molecular formula is C11H8FIN2O2. The molecule has 0 fully saturated rings. The average molecular weight is 346 g/mol. The summed E-state index contributed by atoms with van der Waals surface area (Å²) in [5, 5.41) is 12.9. The number of aromatic carboxylic acids is 1. The van der Waals surface area contributed by atoms with E-state index in [2.05, 4.69) is 27.7 Å². The number of benzene rings is 1. The molecule has 0 saturated carbocycles. The molecule has 88 valence electrons. The van der Waals surface area contributed by atoms with Crippen molar-refractivity contribution in [2.75, 3.05) is 0 Å². The largest absolute Gasteiger partial charge is 0.478 e. The van der Waals surface area contributed by atoms with Crippen LogP contribution in [0, 0.1) is 9.39 Å². The predicted molar refractivity (Wildman–Crippen MR) is 67.4 cm³/mol. The predicted octanol–water partition coefficient (Wildman–Crippen LogP) is 2.37. The first-order valence-electron chi connectivity index (χ1n) is 4.76. The van der Waals surface area contributed by atoms with Crippen LogP contribution < -0.4 is 0 Å². The number of carbonyl (C=O) groups is 1. The van der Waals surface area contributed by atoms with Gasteiger partial charge in [0.05, 0.1) is 21.9 Å². The molecule has 0 aliphatic rings. The van der Waals surface area contributed by atoms with Crippen LogP contribution in [0.2, 0.25) is 0 Å². The van der Waals surface area contributed by atoms with Gasteiger partial charge < -0.3 is 5.11 Å². The Balaban J connectivity index is 2.28. The van der Waals surface area contributed by atoms with Gasteiger partial charge in [-0.15, -0.1) is 0 Å². The first-order chi connectivity index (χ1) is 8.06. The van der Waals surface area contributed by atoms with Crippen molar-refractivity contribution in [2.45, 2.75) is 6.54 Å². The highest BCUT2D eigenvalue weighted by atomic mass is 127. The van der Waals surface area contributed by atoms with Gasteiger partial charge in [-0.1, -0.05) is 6.07 Å². The molecule has 1 aromatic heterocycles. The Morgan fingerprint density at radius 3 is 2.88 bits per heavy atom. The molecule has 1 N–H and O–H groups in total. The fourth-order valence-electron chi connectivity index (χ4n) is 1.45. The highest BCUT2D eigenvalue weighted by molar-refractivity contribution is 14.1. The van der Waals surface area contributed by atoms with Crippen molar-refractivity contribution in [3.05, 3.63) is 51.1 Å². The van der Waals surface area contributed by atoms with Crippen LogP contribution in [0.1, 0.15) is 15.9 Å². The molecule has 4 nitrogen and oxygen atoms in total. The zero-order valence-electron chi connectivity index (χ0n) is 8.60. The zero-order valence-corrected chi connectivity index (χ0v) is 10.8. The molecular weight excluding hydrogens is 338 g/mol. The maximum absolute atomic E-state index is 13.2. The molecule has 6 heteroatoms. The first kappa shape index (κ1) is 12.0. The van der Waals surface area contributed by atoms with Crippen molar-refractivity contribution < 1.29 is 14.3 Å². The number of halogens is 2. The summed E-state index contributed by atoms with van der Waals surface area (Å²) in [6, 6.07) is 4.04. The Morgan fingerprint density at radius 1 is 1.53 bits per heavy atom. The topological polar surface area (TPSA) is 55.1 Å². The van der Waals surface area contributed by atoms with Crippen molar-refractivity contribution >= 4 is 28.6 Å². The molecule has 0 unspecified atom stereocenters. The quantitative estimate of drug-likeness (QED) is 0.869. The summed E-state index contributed by atoms with van der Waals surface area (Å²) in [5.41, 5.74) is 0.382. The second kappa shape index (κ2) is 4.82. The normalized spacial score (nSPS) is 10.5. The van der Waals surface area contributed by atoms with Gasteiger partial charge in [0.1, 0.15) is 5.82 Å². The van der Waals surface area contributed by atoms with Crippen molar-refractivity contribution in [3.63, 3.8) is 0 Å². The van der Waals surface area contributed by atoms with Crippen molar-refractivity contribution in [1.29, 1.82) is 0 Å². The molecule has 0 aliphatic carbocycles. The molecule has 0 radical (unpaired) electrons. The maximum Gasteiger partial charge on any atom is 0.338 e. The summed E-state index contributed by atoms with van der Waals surface area (Å²) >= 11 is 2.13. The molecule has 17 heavy (non-hydrogen) atoms. The van der Waals surface area contributed by atoms with Crippen LogP contribution in [0.4, 0.5) is 4.39 Å². The van der Waals surface area contributed by atoms with Gasteiger partial charge in [-0.2, -0.15) is 5.10 Å². The smallest absolute Gasteiger partial charge is 0.338 e. The number of aromatic nitrogens is 2. The van der Waals surface area contributed by atoms with Gasteiger partial charge in [-0.3, -0.25) is 4.68 Å². The van der Waals surface area contributed by atoms with Gasteiger partial charge in [0.15, 0.2) is 0 Å². The third-order valence-electron chi connectivity index (χ3n) is 2.21. The number of rotatable bonds is 3. The minimum Gasteiger partial charge on any atom is -0.478 e. The van der Waals surface area contributed by atoms with E-state index in [-0.39, 0.29) is 5.56 Å². The SMILES string of the molecule is O=C(O)c1cc(Cn2cc(I)cn2)ccc1F. The van der Waals surface area contributed by atoms with E-state index in [9.17, 15) is 9.18 Å². The summed E-state index contributed by atoms with van der Waals surface area (Å²) in [7, 11) is 0. The van der Waals surface area contributed by atoms with Crippen molar-refractivity contribution in [3.8, 4) is 0 Å². The summed E-state index contributed by atoms with van der Waals surface area (Å²) in [4.78, 5) is 10.8. The minimum absolute atomic E-state index is 0.315. The number of carboxylic acid groups (broad SMARTS) is 1. The van der Waals surface area contributed by atoms with E-state index < -0.39 is 11.8 Å². The standard InChI is InChI=1S/C11H8FIN2O2/c12-10-2-1-7(3-9(10)11(16)17)5-15-6-8(13)4-14-15/h1-4,6H,5H2,(H,16,17). The summed E-state index contributed by atoms with van der Waals surface area (Å²) in [6.45, 7) is 0.420. The lowest BCUT2D eigenvalue weighted by Gasteiger charge is -2.04. The Bertz CT molecular complexity index is 568. The van der Waals surface area contributed by atoms with Crippen LogP contribution in [0.5, 0.6) is 0 Å². The van der Waals surface area contributed by atoms with Crippen molar-refractivity contribution in [2.24, 2.45) is 0 Å². The van der Waals surface area contributed by atoms with Crippen LogP contribution in [0.15, 0.2) is 30.6 Å². The lowest BCUT2D eigenvalue weighted by atomic mass is 10.1. The fraction of sp³-hybridized carbons (Fsp3) is 0.0909. The Labute approximate surface area is 110 Å². The molecule has 0 bridgehead atoms. The van der Waals surface area contributed by atoms with Crippen LogP contribution in [-0.2, 0) is 6.54 Å². The molecule has 0 spiro atoms. The van der Waals surface area contributed by atoms with Gasteiger partial charge in [0, 0.05) is 6.20 Å². The van der Waals surface area contributed by atoms with Crippen LogP contribution in [0.25, 0.3) is 0 Å². The van der Waals surface area contributed by atoms with E-state index >= 15 is 0 Å². The number of nitrogens with zero attached hydrogens (tertiary/aromatic N) is 2.